The molecule has 166 valence electrons. The van der Waals surface area contributed by atoms with Gasteiger partial charge in [0, 0.05) is 31.2 Å². The van der Waals surface area contributed by atoms with Crippen LogP contribution < -0.4 is 14.2 Å². The van der Waals surface area contributed by atoms with Crippen molar-refractivity contribution in [3.63, 3.8) is 0 Å². The van der Waals surface area contributed by atoms with Gasteiger partial charge in [-0.25, -0.2) is 0 Å². The van der Waals surface area contributed by atoms with Crippen LogP contribution in [0.3, 0.4) is 0 Å². The molecular weight excluding hydrogens is 420 g/mol. The first kappa shape index (κ1) is 22.7. The van der Waals surface area contributed by atoms with Gasteiger partial charge in [-0.2, -0.15) is 0 Å². The summed E-state index contributed by atoms with van der Waals surface area (Å²) >= 11 is 6.06. The van der Waals surface area contributed by atoms with Gasteiger partial charge in [0.05, 0.1) is 19.3 Å². The monoisotopic (exact) mass is 446 g/mol. The van der Waals surface area contributed by atoms with Gasteiger partial charge in [-0.3, -0.25) is 9.59 Å². The molecule has 0 aromatic heterocycles. The molecular formula is C23H27ClN2O5. The highest BCUT2D eigenvalue weighted by Crippen LogP contribution is 2.24. The maximum atomic E-state index is 13.0. The topological polar surface area (TPSA) is 68.3 Å². The van der Waals surface area contributed by atoms with Gasteiger partial charge < -0.3 is 24.0 Å². The fourth-order valence-electron chi connectivity index (χ4n) is 3.42. The third-order valence-electron chi connectivity index (χ3n) is 5.02. The summed E-state index contributed by atoms with van der Waals surface area (Å²) < 4.78 is 16.3. The summed E-state index contributed by atoms with van der Waals surface area (Å²) in [7, 11) is 1.52. The number of benzene rings is 2. The first-order valence-corrected chi connectivity index (χ1v) is 10.7. The van der Waals surface area contributed by atoms with E-state index in [2.05, 4.69) is 0 Å². The van der Waals surface area contributed by atoms with Crippen molar-refractivity contribution in [3.8, 4) is 17.2 Å². The van der Waals surface area contributed by atoms with Crippen molar-refractivity contribution in [1.29, 1.82) is 0 Å². The average molecular weight is 447 g/mol. The Bertz CT molecular complexity index is 903. The third-order valence-corrected chi connectivity index (χ3v) is 5.26. The smallest absolute Gasteiger partial charge is 0.260 e. The molecule has 0 aliphatic carbocycles. The van der Waals surface area contributed by atoms with Crippen LogP contribution in [0.15, 0.2) is 42.5 Å². The molecule has 1 saturated heterocycles. The number of hydrogen-bond donors (Lipinski definition) is 0. The fraction of sp³-hybridized carbons (Fsp3) is 0.391. The van der Waals surface area contributed by atoms with Crippen LogP contribution in [0.4, 0.5) is 0 Å². The van der Waals surface area contributed by atoms with E-state index in [-0.39, 0.29) is 18.4 Å². The Kier molecular flexibility index (Phi) is 8.00. The minimum absolute atomic E-state index is 0.0515. The van der Waals surface area contributed by atoms with Crippen LogP contribution in [0.25, 0.3) is 0 Å². The number of nitrogens with zero attached hydrogens (tertiary/aromatic N) is 2. The number of methoxy groups -OCH3 is 1. The highest BCUT2D eigenvalue weighted by Gasteiger charge is 2.25. The minimum Gasteiger partial charge on any atom is -0.496 e. The molecule has 0 bridgehead atoms. The van der Waals surface area contributed by atoms with Crippen molar-refractivity contribution in [2.24, 2.45) is 0 Å². The molecule has 0 spiro atoms. The largest absolute Gasteiger partial charge is 0.496 e. The van der Waals surface area contributed by atoms with E-state index in [0.717, 1.165) is 5.75 Å². The molecule has 7 nitrogen and oxygen atoms in total. The second-order valence-electron chi connectivity index (χ2n) is 7.06. The number of rotatable bonds is 7. The van der Waals surface area contributed by atoms with Crippen LogP contribution in [-0.4, -0.2) is 68.1 Å². The first-order valence-electron chi connectivity index (χ1n) is 10.3. The third kappa shape index (κ3) is 6.04. The summed E-state index contributed by atoms with van der Waals surface area (Å²) in [6.45, 7) is 4.47. The maximum Gasteiger partial charge on any atom is 0.260 e. The Labute approximate surface area is 187 Å². The van der Waals surface area contributed by atoms with Gasteiger partial charge in [0.1, 0.15) is 17.2 Å². The summed E-state index contributed by atoms with van der Waals surface area (Å²) in [5.74, 6) is 1.59. The van der Waals surface area contributed by atoms with E-state index in [0.29, 0.717) is 61.3 Å². The molecule has 1 aliphatic rings. The van der Waals surface area contributed by atoms with Gasteiger partial charge in [0.25, 0.3) is 11.8 Å². The molecule has 8 heteroatoms. The molecule has 31 heavy (non-hydrogen) atoms. The Hall–Kier alpha value is -2.93. The van der Waals surface area contributed by atoms with E-state index in [1.54, 1.807) is 40.1 Å². The predicted octanol–water partition coefficient (Wildman–Crippen LogP) is 3.50. The highest BCUT2D eigenvalue weighted by molar-refractivity contribution is 6.31. The number of ether oxygens (including phenoxy) is 3. The van der Waals surface area contributed by atoms with Crippen LogP contribution in [-0.2, 0) is 4.79 Å². The minimum atomic E-state index is -0.153. The summed E-state index contributed by atoms with van der Waals surface area (Å²) in [5.41, 5.74) is 0.425. The van der Waals surface area contributed by atoms with Crippen LogP contribution in [0.2, 0.25) is 5.02 Å². The predicted molar refractivity (Wildman–Crippen MR) is 118 cm³/mol. The highest BCUT2D eigenvalue weighted by atomic mass is 35.5. The molecule has 2 aromatic rings. The zero-order valence-electron chi connectivity index (χ0n) is 17.8. The number of hydrogen-bond acceptors (Lipinski definition) is 5. The molecule has 3 rings (SSSR count). The van der Waals surface area contributed by atoms with Crippen molar-refractivity contribution in [2.75, 3.05) is 46.5 Å². The Morgan fingerprint density at radius 3 is 2.26 bits per heavy atom. The molecule has 2 aromatic carbocycles. The first-order chi connectivity index (χ1) is 15.0. The van der Waals surface area contributed by atoms with E-state index in [1.807, 2.05) is 19.1 Å². The lowest BCUT2D eigenvalue weighted by Gasteiger charge is -2.23. The Balaban J connectivity index is 1.55. The molecule has 1 fully saturated rings. The second kappa shape index (κ2) is 10.9. The molecule has 0 N–H and O–H groups in total. The van der Waals surface area contributed by atoms with E-state index in [1.165, 1.54) is 7.11 Å². The molecule has 1 heterocycles. The van der Waals surface area contributed by atoms with Gasteiger partial charge in [-0.15, -0.1) is 0 Å². The number of carbonyl (C=O) groups excluding carboxylic acids is 2. The van der Waals surface area contributed by atoms with Crippen LogP contribution >= 0.6 is 11.6 Å². The number of halogens is 1. The van der Waals surface area contributed by atoms with Crippen molar-refractivity contribution in [1.82, 2.24) is 9.80 Å². The lowest BCUT2D eigenvalue weighted by atomic mass is 10.1. The van der Waals surface area contributed by atoms with E-state index >= 15 is 0 Å². The number of amides is 2. The second-order valence-corrected chi connectivity index (χ2v) is 7.50. The van der Waals surface area contributed by atoms with Gasteiger partial charge in [0.15, 0.2) is 6.61 Å². The Morgan fingerprint density at radius 1 is 0.935 bits per heavy atom. The molecule has 1 aliphatic heterocycles. The molecule has 0 atom stereocenters. The van der Waals surface area contributed by atoms with Crippen LogP contribution in [0.1, 0.15) is 23.7 Å². The molecule has 0 saturated carbocycles. The summed E-state index contributed by atoms with van der Waals surface area (Å²) in [6.07, 6.45) is 0.684. The van der Waals surface area contributed by atoms with E-state index < -0.39 is 0 Å². The van der Waals surface area contributed by atoms with Crippen LogP contribution in [0.5, 0.6) is 17.2 Å². The normalized spacial score (nSPS) is 14.0. The standard InChI is InChI=1S/C23H27ClN2O5/c1-3-30-18-6-8-19(9-7-18)31-16-22(27)25-11-4-12-26(14-13-25)23(28)20-15-17(24)5-10-21(20)29-2/h5-10,15H,3-4,11-14,16H2,1-2H3. The SMILES string of the molecule is CCOc1ccc(OCC(=O)N2CCCN(C(=O)c3cc(Cl)ccc3OC)CC2)cc1. The summed E-state index contributed by atoms with van der Waals surface area (Å²) in [5, 5.41) is 0.474. The van der Waals surface area contributed by atoms with Gasteiger partial charge in [0.2, 0.25) is 0 Å². The van der Waals surface area contributed by atoms with Crippen molar-refractivity contribution >= 4 is 23.4 Å². The Morgan fingerprint density at radius 2 is 1.58 bits per heavy atom. The summed E-state index contributed by atoms with van der Waals surface area (Å²) in [6, 6.07) is 12.2. The quantitative estimate of drug-likeness (QED) is 0.651. The molecule has 2 amide bonds. The van der Waals surface area contributed by atoms with Crippen molar-refractivity contribution in [3.05, 3.63) is 53.1 Å². The fourth-order valence-corrected chi connectivity index (χ4v) is 3.59. The maximum absolute atomic E-state index is 13.0. The lowest BCUT2D eigenvalue weighted by molar-refractivity contribution is -0.133. The molecule has 0 radical (unpaired) electrons. The summed E-state index contributed by atoms with van der Waals surface area (Å²) in [4.78, 5) is 29.1. The zero-order valence-corrected chi connectivity index (χ0v) is 18.6. The molecule has 0 unspecified atom stereocenters. The lowest BCUT2D eigenvalue weighted by Crippen LogP contribution is -2.39. The zero-order chi connectivity index (χ0) is 22.2. The van der Waals surface area contributed by atoms with Gasteiger partial charge in [-0.05, 0) is 55.8 Å². The van der Waals surface area contributed by atoms with Crippen molar-refractivity contribution in [2.45, 2.75) is 13.3 Å². The van der Waals surface area contributed by atoms with Crippen LogP contribution in [0, 0.1) is 0 Å². The van der Waals surface area contributed by atoms with Gasteiger partial charge in [-0.1, -0.05) is 11.6 Å². The van der Waals surface area contributed by atoms with Crippen molar-refractivity contribution < 1.29 is 23.8 Å². The van der Waals surface area contributed by atoms with Gasteiger partial charge >= 0.3 is 0 Å². The van der Waals surface area contributed by atoms with E-state index in [4.69, 9.17) is 25.8 Å². The van der Waals surface area contributed by atoms with E-state index in [9.17, 15) is 9.59 Å². The average Bonchev–Trinajstić information content (AvgIpc) is 3.04. The number of carbonyl (C=O) groups is 2.